The first-order valence-electron chi connectivity index (χ1n) is 5.80. The Kier molecular flexibility index (Phi) is 4.58. The van der Waals surface area contributed by atoms with Crippen molar-refractivity contribution in [3.8, 4) is 0 Å². The van der Waals surface area contributed by atoms with Crippen molar-refractivity contribution in [2.75, 3.05) is 13.6 Å². The zero-order valence-corrected chi connectivity index (χ0v) is 11.9. The fourth-order valence-electron chi connectivity index (χ4n) is 2.17. The second-order valence-corrected chi connectivity index (χ2v) is 5.49. The molecular weight excluding hydrogens is 234 g/mol. The maximum absolute atomic E-state index is 12.3. The van der Waals surface area contributed by atoms with E-state index >= 15 is 0 Å². The van der Waals surface area contributed by atoms with Crippen LogP contribution < -0.4 is 0 Å². The minimum Gasteiger partial charge on any atom is -0.340 e. The lowest BCUT2D eigenvalue weighted by Gasteiger charge is -2.21. The third-order valence-electron chi connectivity index (χ3n) is 2.76. The zero-order chi connectivity index (χ0) is 13.2. The number of aryl methyl sites for hydroxylation is 3. The Morgan fingerprint density at radius 2 is 1.76 bits per heavy atom. The van der Waals surface area contributed by atoms with E-state index in [4.69, 9.17) is 11.6 Å². The molecule has 0 aliphatic heterocycles. The number of nitrogens with zero attached hydrogens (tertiary/aromatic N) is 1. The van der Waals surface area contributed by atoms with Gasteiger partial charge in [-0.2, -0.15) is 0 Å². The summed E-state index contributed by atoms with van der Waals surface area (Å²) in [6, 6.07) is 4.08. The average molecular weight is 254 g/mol. The van der Waals surface area contributed by atoms with Crippen molar-refractivity contribution in [3.63, 3.8) is 0 Å². The molecule has 0 aliphatic carbocycles. The number of amides is 1. The average Bonchev–Trinajstić information content (AvgIpc) is 2.14. The first-order valence-corrected chi connectivity index (χ1v) is 6.24. The van der Waals surface area contributed by atoms with E-state index in [-0.39, 0.29) is 11.3 Å². The molecule has 94 valence electrons. The van der Waals surface area contributed by atoms with Crippen LogP contribution in [0.25, 0.3) is 0 Å². The summed E-state index contributed by atoms with van der Waals surface area (Å²) in [4.78, 5) is 14.0. The first kappa shape index (κ1) is 14.0. The van der Waals surface area contributed by atoms with Crippen molar-refractivity contribution in [1.82, 2.24) is 4.90 Å². The van der Waals surface area contributed by atoms with Crippen LogP contribution in [0.3, 0.4) is 0 Å². The Morgan fingerprint density at radius 3 is 2.18 bits per heavy atom. The van der Waals surface area contributed by atoms with E-state index in [0.717, 1.165) is 16.7 Å². The molecule has 0 fully saturated rings. The lowest BCUT2D eigenvalue weighted by atomic mass is 9.99. The maximum Gasteiger partial charge on any atom is 0.254 e. The van der Waals surface area contributed by atoms with Crippen LogP contribution >= 0.6 is 11.6 Å². The van der Waals surface area contributed by atoms with Gasteiger partial charge in [0.25, 0.3) is 5.91 Å². The summed E-state index contributed by atoms with van der Waals surface area (Å²) in [5.41, 5.74) is 4.04. The third kappa shape index (κ3) is 3.47. The molecule has 1 aromatic rings. The van der Waals surface area contributed by atoms with Crippen LogP contribution in [-0.2, 0) is 0 Å². The lowest BCUT2D eigenvalue weighted by molar-refractivity contribution is 0.0794. The quantitative estimate of drug-likeness (QED) is 0.757. The second-order valence-electron chi connectivity index (χ2n) is 4.74. The number of hydrogen-bond donors (Lipinski definition) is 0. The molecule has 0 aliphatic rings. The summed E-state index contributed by atoms with van der Waals surface area (Å²) < 4.78 is 0. The molecule has 0 bridgehead atoms. The number of carbonyl (C=O) groups is 1. The smallest absolute Gasteiger partial charge is 0.254 e. The van der Waals surface area contributed by atoms with E-state index in [1.165, 1.54) is 5.56 Å². The topological polar surface area (TPSA) is 20.3 Å². The Morgan fingerprint density at radius 1 is 1.29 bits per heavy atom. The van der Waals surface area contributed by atoms with Gasteiger partial charge in [-0.3, -0.25) is 4.79 Å². The van der Waals surface area contributed by atoms with E-state index in [9.17, 15) is 4.79 Å². The van der Waals surface area contributed by atoms with Crippen LogP contribution in [0.2, 0.25) is 0 Å². The summed E-state index contributed by atoms with van der Waals surface area (Å²) in [5.74, 6) is 0.0486. The van der Waals surface area contributed by atoms with Crippen molar-refractivity contribution in [2.45, 2.75) is 33.1 Å². The molecule has 0 saturated carbocycles. The summed E-state index contributed by atoms with van der Waals surface area (Å²) >= 11 is 5.92. The van der Waals surface area contributed by atoms with Gasteiger partial charge in [0.15, 0.2) is 0 Å². The van der Waals surface area contributed by atoms with E-state index < -0.39 is 0 Å². The van der Waals surface area contributed by atoms with Crippen LogP contribution in [0.5, 0.6) is 0 Å². The highest BCUT2D eigenvalue weighted by atomic mass is 35.5. The molecule has 0 N–H and O–H groups in total. The number of rotatable bonds is 3. The van der Waals surface area contributed by atoms with Crippen molar-refractivity contribution in [1.29, 1.82) is 0 Å². The Bertz CT molecular complexity index is 403. The SMILES string of the molecule is Cc1cc(C)c(C(=O)N(C)CC(C)Cl)c(C)c1. The van der Waals surface area contributed by atoms with Gasteiger partial charge in [-0.15, -0.1) is 11.6 Å². The number of hydrogen-bond acceptors (Lipinski definition) is 1. The molecular formula is C14H20ClNO. The van der Waals surface area contributed by atoms with E-state index in [1.54, 1.807) is 11.9 Å². The van der Waals surface area contributed by atoms with Gasteiger partial charge in [-0.25, -0.2) is 0 Å². The minimum absolute atomic E-state index is 0.0324. The normalized spacial score (nSPS) is 12.4. The van der Waals surface area contributed by atoms with Crippen LogP contribution in [0.15, 0.2) is 12.1 Å². The van der Waals surface area contributed by atoms with Gasteiger partial charge < -0.3 is 4.90 Å². The van der Waals surface area contributed by atoms with Gasteiger partial charge in [0.2, 0.25) is 0 Å². The molecule has 0 aromatic heterocycles. The van der Waals surface area contributed by atoms with Gasteiger partial charge in [0.1, 0.15) is 0 Å². The zero-order valence-electron chi connectivity index (χ0n) is 11.2. The number of alkyl halides is 1. The molecule has 2 nitrogen and oxygen atoms in total. The second kappa shape index (κ2) is 5.54. The molecule has 0 spiro atoms. The molecule has 17 heavy (non-hydrogen) atoms. The van der Waals surface area contributed by atoms with E-state index in [2.05, 4.69) is 0 Å². The molecule has 1 rings (SSSR count). The van der Waals surface area contributed by atoms with Gasteiger partial charge in [-0.05, 0) is 38.8 Å². The molecule has 0 radical (unpaired) electrons. The highest BCUT2D eigenvalue weighted by molar-refractivity contribution is 6.20. The molecule has 1 unspecified atom stereocenters. The lowest BCUT2D eigenvalue weighted by Crippen LogP contribution is -2.32. The number of benzene rings is 1. The molecule has 1 aromatic carbocycles. The Hall–Kier alpha value is -1.02. The minimum atomic E-state index is -0.0324. The molecule has 1 atom stereocenters. The van der Waals surface area contributed by atoms with E-state index in [1.807, 2.05) is 39.8 Å². The van der Waals surface area contributed by atoms with Crippen LogP contribution in [0.1, 0.15) is 34.0 Å². The summed E-state index contributed by atoms with van der Waals surface area (Å²) in [6.07, 6.45) is 0. The van der Waals surface area contributed by atoms with E-state index in [0.29, 0.717) is 6.54 Å². The van der Waals surface area contributed by atoms with Crippen molar-refractivity contribution >= 4 is 17.5 Å². The number of carbonyl (C=O) groups excluding carboxylic acids is 1. The highest BCUT2D eigenvalue weighted by Gasteiger charge is 2.17. The summed E-state index contributed by atoms with van der Waals surface area (Å²) in [5, 5.41) is -0.0324. The fraction of sp³-hybridized carbons (Fsp3) is 0.500. The Balaban J connectivity index is 3.04. The molecule has 0 heterocycles. The van der Waals surface area contributed by atoms with Crippen molar-refractivity contribution in [3.05, 3.63) is 34.4 Å². The standard InChI is InChI=1S/C14H20ClNO/c1-9-6-10(2)13(11(3)7-9)14(17)16(5)8-12(4)15/h6-7,12H,8H2,1-5H3. The van der Waals surface area contributed by atoms with Crippen molar-refractivity contribution in [2.24, 2.45) is 0 Å². The molecule has 3 heteroatoms. The first-order chi connectivity index (χ1) is 7.82. The van der Waals surface area contributed by atoms with Crippen LogP contribution in [0, 0.1) is 20.8 Å². The number of halogens is 1. The van der Waals surface area contributed by atoms with Gasteiger partial charge in [0.05, 0.1) is 0 Å². The fourth-order valence-corrected chi connectivity index (χ4v) is 2.38. The van der Waals surface area contributed by atoms with Gasteiger partial charge in [0, 0.05) is 24.5 Å². The summed E-state index contributed by atoms with van der Waals surface area (Å²) in [6.45, 7) is 8.45. The predicted molar refractivity (Wildman–Crippen MR) is 72.9 cm³/mol. The Labute approximate surface area is 109 Å². The predicted octanol–water partition coefficient (Wildman–Crippen LogP) is 3.31. The third-order valence-corrected chi connectivity index (χ3v) is 2.90. The highest BCUT2D eigenvalue weighted by Crippen LogP contribution is 2.18. The molecule has 1 amide bonds. The maximum atomic E-state index is 12.3. The van der Waals surface area contributed by atoms with Gasteiger partial charge >= 0.3 is 0 Å². The monoisotopic (exact) mass is 253 g/mol. The summed E-state index contributed by atoms with van der Waals surface area (Å²) in [7, 11) is 1.79. The van der Waals surface area contributed by atoms with Gasteiger partial charge in [-0.1, -0.05) is 17.7 Å². The largest absolute Gasteiger partial charge is 0.340 e. The molecule has 0 saturated heterocycles. The van der Waals surface area contributed by atoms with Crippen molar-refractivity contribution < 1.29 is 4.79 Å². The van der Waals surface area contributed by atoms with Crippen LogP contribution in [-0.4, -0.2) is 29.8 Å². The van der Waals surface area contributed by atoms with Crippen LogP contribution in [0.4, 0.5) is 0 Å².